The molecule has 1 aliphatic rings. The first-order chi connectivity index (χ1) is 16.5. The molecule has 2 aromatic carbocycles. The predicted molar refractivity (Wildman–Crippen MR) is 126 cm³/mol. The van der Waals surface area contributed by atoms with Crippen LogP contribution >= 0.6 is 23.2 Å². The zero-order valence-electron chi connectivity index (χ0n) is 17.8. The first kappa shape index (κ1) is 22.5. The zero-order valence-corrected chi connectivity index (χ0v) is 19.4. The summed E-state index contributed by atoms with van der Waals surface area (Å²) in [5.41, 5.74) is 7.98. The van der Waals surface area contributed by atoms with Crippen LogP contribution in [0.5, 0.6) is 5.75 Å². The molecule has 174 valence electrons. The summed E-state index contributed by atoms with van der Waals surface area (Å²) in [5, 5.41) is 5.15. The molecule has 0 unspecified atom stereocenters. The number of ether oxygens (including phenoxy) is 3. The minimum atomic E-state index is -1.15. The van der Waals surface area contributed by atoms with E-state index in [-0.39, 0.29) is 25.2 Å². The third-order valence-electron chi connectivity index (χ3n) is 5.30. The van der Waals surface area contributed by atoms with E-state index in [1.54, 1.807) is 41.5 Å². The first-order valence-electron chi connectivity index (χ1n) is 10.4. The van der Waals surface area contributed by atoms with E-state index in [4.69, 9.17) is 43.1 Å². The van der Waals surface area contributed by atoms with E-state index in [0.29, 0.717) is 28.0 Å². The Hall–Kier alpha value is -3.24. The maximum atomic E-state index is 6.50. The van der Waals surface area contributed by atoms with Crippen molar-refractivity contribution in [3.63, 3.8) is 0 Å². The Balaban J connectivity index is 1.29. The average molecular weight is 499 g/mol. The second-order valence-corrected chi connectivity index (χ2v) is 8.50. The van der Waals surface area contributed by atoms with Gasteiger partial charge in [-0.25, -0.2) is 19.6 Å². The number of nitrogens with zero attached hydrogens (tertiary/aromatic N) is 5. The van der Waals surface area contributed by atoms with Gasteiger partial charge in [0, 0.05) is 22.3 Å². The highest BCUT2D eigenvalue weighted by Crippen LogP contribution is 2.40. The summed E-state index contributed by atoms with van der Waals surface area (Å²) in [6.07, 6.45) is 4.33. The van der Waals surface area contributed by atoms with Crippen molar-refractivity contribution in [3.05, 3.63) is 83.0 Å². The molecule has 0 aliphatic carbocycles. The molecule has 0 amide bonds. The lowest BCUT2D eigenvalue weighted by molar-refractivity contribution is -0.190. The van der Waals surface area contributed by atoms with Gasteiger partial charge in [-0.2, -0.15) is 5.10 Å². The lowest BCUT2D eigenvalue weighted by atomic mass is 10.1. The fraction of sp³-hybridized carbons (Fsp3) is 0.217. The van der Waals surface area contributed by atoms with Crippen LogP contribution in [0.2, 0.25) is 10.0 Å². The maximum Gasteiger partial charge on any atom is 0.220 e. The van der Waals surface area contributed by atoms with Gasteiger partial charge in [0.05, 0.1) is 17.3 Å². The molecule has 2 N–H and O–H groups in total. The minimum absolute atomic E-state index is 0.228. The molecule has 3 heterocycles. The summed E-state index contributed by atoms with van der Waals surface area (Å²) in [4.78, 5) is 12.1. The van der Waals surface area contributed by atoms with E-state index < -0.39 is 5.79 Å². The summed E-state index contributed by atoms with van der Waals surface area (Å²) in [7, 11) is 0. The standard InChI is InChI=1S/C23H20Cl2N6O3/c24-16-3-6-19(20(25)9-16)23(12-31-14-27-13-29-31)33-11-18(34-23)10-32-17-4-1-15(2-5-17)21-7-8-28-22(26)30-21/h1-9,13-14,18H,10-12H2,(H2,26,28,30)/t18-,23-/m1/s1. The fourth-order valence-electron chi connectivity index (χ4n) is 3.73. The van der Waals surface area contributed by atoms with Crippen LogP contribution in [0.4, 0.5) is 5.95 Å². The number of hydrogen-bond donors (Lipinski definition) is 1. The van der Waals surface area contributed by atoms with Gasteiger partial charge in [-0.05, 0) is 42.5 Å². The molecule has 34 heavy (non-hydrogen) atoms. The number of rotatable bonds is 7. The number of halogens is 2. The van der Waals surface area contributed by atoms with Gasteiger partial charge in [0.15, 0.2) is 0 Å². The van der Waals surface area contributed by atoms with Crippen LogP contribution in [0.25, 0.3) is 11.3 Å². The Morgan fingerprint density at radius 3 is 2.74 bits per heavy atom. The van der Waals surface area contributed by atoms with Crippen LogP contribution in [0, 0.1) is 0 Å². The smallest absolute Gasteiger partial charge is 0.220 e. The highest BCUT2D eigenvalue weighted by Gasteiger charge is 2.45. The Kier molecular flexibility index (Phi) is 6.34. The van der Waals surface area contributed by atoms with E-state index in [0.717, 1.165) is 11.3 Å². The summed E-state index contributed by atoms with van der Waals surface area (Å²) < 4.78 is 20.1. The second kappa shape index (κ2) is 9.55. The molecule has 2 aromatic heterocycles. The van der Waals surface area contributed by atoms with Crippen molar-refractivity contribution in [1.29, 1.82) is 0 Å². The summed E-state index contributed by atoms with van der Waals surface area (Å²) in [6, 6.07) is 14.5. The fourth-order valence-corrected chi connectivity index (χ4v) is 4.28. The molecular formula is C23H20Cl2N6O3. The van der Waals surface area contributed by atoms with Crippen LogP contribution in [0.3, 0.4) is 0 Å². The molecule has 1 aliphatic heterocycles. The van der Waals surface area contributed by atoms with Crippen LogP contribution in [-0.4, -0.2) is 44.1 Å². The van der Waals surface area contributed by atoms with Crippen molar-refractivity contribution in [1.82, 2.24) is 24.7 Å². The number of nitrogen functional groups attached to an aromatic ring is 1. The van der Waals surface area contributed by atoms with Crippen molar-refractivity contribution in [2.45, 2.75) is 18.4 Å². The SMILES string of the molecule is Nc1nccc(-c2ccc(OC[C@@H]3CO[C@@](Cn4cncn4)(c4ccc(Cl)cc4Cl)O3)cc2)n1. The third kappa shape index (κ3) is 4.83. The van der Waals surface area contributed by atoms with Gasteiger partial charge in [-0.15, -0.1) is 0 Å². The van der Waals surface area contributed by atoms with Gasteiger partial charge in [0.2, 0.25) is 11.7 Å². The van der Waals surface area contributed by atoms with Crippen LogP contribution in [-0.2, 0) is 21.8 Å². The highest BCUT2D eigenvalue weighted by molar-refractivity contribution is 6.35. The Labute approximate surface area is 205 Å². The average Bonchev–Trinajstić information content (AvgIpc) is 3.49. The Bertz CT molecular complexity index is 1270. The largest absolute Gasteiger partial charge is 0.491 e. The lowest BCUT2D eigenvalue weighted by Crippen LogP contribution is -2.35. The molecule has 5 rings (SSSR count). The molecule has 0 saturated carbocycles. The van der Waals surface area contributed by atoms with Crippen molar-refractivity contribution < 1.29 is 14.2 Å². The van der Waals surface area contributed by atoms with E-state index in [1.165, 1.54) is 6.33 Å². The topological polar surface area (TPSA) is 110 Å². The molecule has 0 radical (unpaired) electrons. The first-order valence-corrected chi connectivity index (χ1v) is 11.2. The monoisotopic (exact) mass is 498 g/mol. The number of anilines is 1. The Morgan fingerprint density at radius 1 is 1.15 bits per heavy atom. The third-order valence-corrected chi connectivity index (χ3v) is 5.85. The molecule has 1 saturated heterocycles. The van der Waals surface area contributed by atoms with Crippen molar-refractivity contribution in [3.8, 4) is 17.0 Å². The molecular weight excluding hydrogens is 479 g/mol. The van der Waals surface area contributed by atoms with E-state index in [9.17, 15) is 0 Å². The molecule has 1 fully saturated rings. The van der Waals surface area contributed by atoms with Gasteiger partial charge in [-0.1, -0.05) is 29.3 Å². The number of benzene rings is 2. The van der Waals surface area contributed by atoms with Gasteiger partial charge in [-0.3, -0.25) is 0 Å². The number of nitrogens with two attached hydrogens (primary N) is 1. The summed E-state index contributed by atoms with van der Waals surface area (Å²) in [6.45, 7) is 0.859. The maximum absolute atomic E-state index is 6.50. The van der Waals surface area contributed by atoms with Gasteiger partial charge >= 0.3 is 0 Å². The van der Waals surface area contributed by atoms with E-state index in [1.807, 2.05) is 24.3 Å². The molecule has 4 aromatic rings. The van der Waals surface area contributed by atoms with Crippen molar-refractivity contribution in [2.24, 2.45) is 0 Å². The lowest BCUT2D eigenvalue weighted by Gasteiger charge is -2.29. The van der Waals surface area contributed by atoms with E-state index in [2.05, 4.69) is 20.1 Å². The predicted octanol–water partition coefficient (Wildman–Crippen LogP) is 3.97. The molecule has 9 nitrogen and oxygen atoms in total. The summed E-state index contributed by atoms with van der Waals surface area (Å²) >= 11 is 12.6. The molecule has 0 bridgehead atoms. The van der Waals surface area contributed by atoms with Crippen LogP contribution < -0.4 is 10.5 Å². The van der Waals surface area contributed by atoms with Crippen molar-refractivity contribution in [2.75, 3.05) is 18.9 Å². The number of hydrogen-bond acceptors (Lipinski definition) is 8. The van der Waals surface area contributed by atoms with Crippen LogP contribution in [0.15, 0.2) is 67.4 Å². The van der Waals surface area contributed by atoms with E-state index >= 15 is 0 Å². The van der Waals surface area contributed by atoms with Crippen LogP contribution in [0.1, 0.15) is 5.56 Å². The van der Waals surface area contributed by atoms with Gasteiger partial charge in [0.1, 0.15) is 37.7 Å². The minimum Gasteiger partial charge on any atom is -0.491 e. The van der Waals surface area contributed by atoms with Gasteiger partial charge in [0.25, 0.3) is 0 Å². The summed E-state index contributed by atoms with van der Waals surface area (Å²) in [5.74, 6) is -0.237. The quantitative estimate of drug-likeness (QED) is 0.407. The van der Waals surface area contributed by atoms with Crippen molar-refractivity contribution >= 4 is 29.2 Å². The Morgan fingerprint density at radius 2 is 2.00 bits per heavy atom. The zero-order chi connectivity index (χ0) is 23.5. The normalized spacial score (nSPS) is 19.9. The molecule has 2 atom stereocenters. The molecule has 11 heteroatoms. The molecule has 0 spiro atoms. The number of aromatic nitrogens is 5. The second-order valence-electron chi connectivity index (χ2n) is 7.66. The highest BCUT2D eigenvalue weighted by atomic mass is 35.5. The van der Waals surface area contributed by atoms with Gasteiger partial charge < -0.3 is 19.9 Å².